The van der Waals surface area contributed by atoms with Gasteiger partial charge in [0.25, 0.3) is 5.91 Å². The van der Waals surface area contributed by atoms with Crippen LogP contribution in [0.3, 0.4) is 0 Å². The second-order valence-electron chi connectivity index (χ2n) is 5.10. The molecule has 1 amide bonds. The molecule has 0 fully saturated rings. The molecular formula is C18H21NO2. The maximum absolute atomic E-state index is 12.4. The summed E-state index contributed by atoms with van der Waals surface area (Å²) >= 11 is 0. The van der Waals surface area contributed by atoms with E-state index in [-0.39, 0.29) is 5.91 Å². The van der Waals surface area contributed by atoms with Gasteiger partial charge in [0.1, 0.15) is 5.75 Å². The number of anilines is 1. The minimum Gasteiger partial charge on any atom is -0.494 e. The zero-order valence-corrected chi connectivity index (χ0v) is 12.8. The highest BCUT2D eigenvalue weighted by atomic mass is 16.5. The van der Waals surface area contributed by atoms with Crippen LogP contribution in [0.1, 0.15) is 34.8 Å². The Balaban J connectivity index is 2.17. The van der Waals surface area contributed by atoms with Crippen LogP contribution in [-0.2, 0) is 0 Å². The first kappa shape index (κ1) is 15.1. The van der Waals surface area contributed by atoms with Crippen LogP contribution in [0.15, 0.2) is 42.5 Å². The average molecular weight is 283 g/mol. The van der Waals surface area contributed by atoms with Gasteiger partial charge in [-0.25, -0.2) is 0 Å². The predicted molar refractivity (Wildman–Crippen MR) is 86.1 cm³/mol. The van der Waals surface area contributed by atoms with Gasteiger partial charge in [0.05, 0.1) is 6.61 Å². The highest BCUT2D eigenvalue weighted by molar-refractivity contribution is 6.05. The molecule has 0 spiro atoms. The lowest BCUT2D eigenvalue weighted by atomic mass is 10.1. The summed E-state index contributed by atoms with van der Waals surface area (Å²) in [5.74, 6) is 0.611. The molecule has 0 aliphatic carbocycles. The standard InChI is InChI=1S/C18H21NO2/c1-4-11-21-16-10-6-9-15(12-16)18(20)19-17-13(2)7-5-8-14(17)3/h5-10,12H,4,11H2,1-3H3,(H,19,20). The molecule has 0 saturated carbocycles. The van der Waals surface area contributed by atoms with Gasteiger partial charge in [-0.2, -0.15) is 0 Å². The van der Waals surface area contributed by atoms with Crippen LogP contribution < -0.4 is 10.1 Å². The number of carbonyl (C=O) groups excluding carboxylic acids is 1. The summed E-state index contributed by atoms with van der Waals surface area (Å²) in [4.78, 5) is 12.4. The molecule has 1 N–H and O–H groups in total. The molecule has 0 saturated heterocycles. The van der Waals surface area contributed by atoms with E-state index in [0.717, 1.165) is 29.0 Å². The lowest BCUT2D eigenvalue weighted by Crippen LogP contribution is -2.14. The van der Waals surface area contributed by atoms with Crippen LogP contribution in [-0.4, -0.2) is 12.5 Å². The quantitative estimate of drug-likeness (QED) is 0.886. The normalized spacial score (nSPS) is 10.2. The fraction of sp³-hybridized carbons (Fsp3) is 0.278. The topological polar surface area (TPSA) is 38.3 Å². The third-order valence-electron chi connectivity index (χ3n) is 3.29. The largest absolute Gasteiger partial charge is 0.494 e. The van der Waals surface area contributed by atoms with Gasteiger partial charge in [0.15, 0.2) is 0 Å². The van der Waals surface area contributed by atoms with Crippen molar-refractivity contribution < 1.29 is 9.53 Å². The molecule has 110 valence electrons. The van der Waals surface area contributed by atoms with E-state index in [1.165, 1.54) is 0 Å². The molecule has 0 bridgehead atoms. The van der Waals surface area contributed by atoms with Crippen molar-refractivity contribution in [2.75, 3.05) is 11.9 Å². The van der Waals surface area contributed by atoms with Crippen LogP contribution in [0.25, 0.3) is 0 Å². The Morgan fingerprint density at radius 1 is 1.10 bits per heavy atom. The monoisotopic (exact) mass is 283 g/mol. The molecule has 0 atom stereocenters. The van der Waals surface area contributed by atoms with Crippen LogP contribution >= 0.6 is 0 Å². The lowest BCUT2D eigenvalue weighted by molar-refractivity contribution is 0.102. The van der Waals surface area contributed by atoms with E-state index in [0.29, 0.717) is 12.2 Å². The number of carbonyl (C=O) groups is 1. The third kappa shape index (κ3) is 3.85. The van der Waals surface area contributed by atoms with E-state index in [1.807, 2.05) is 44.2 Å². The number of hydrogen-bond acceptors (Lipinski definition) is 2. The van der Waals surface area contributed by atoms with Crippen molar-refractivity contribution in [3.63, 3.8) is 0 Å². The highest BCUT2D eigenvalue weighted by Gasteiger charge is 2.10. The summed E-state index contributed by atoms with van der Waals surface area (Å²) in [6.45, 7) is 6.69. The average Bonchev–Trinajstić information content (AvgIpc) is 2.49. The first-order chi connectivity index (χ1) is 10.1. The van der Waals surface area contributed by atoms with Crippen LogP contribution in [0, 0.1) is 13.8 Å². The molecule has 21 heavy (non-hydrogen) atoms. The molecule has 0 radical (unpaired) electrons. The van der Waals surface area contributed by atoms with Crippen LogP contribution in [0.2, 0.25) is 0 Å². The van der Waals surface area contributed by atoms with Crippen molar-refractivity contribution in [2.45, 2.75) is 27.2 Å². The van der Waals surface area contributed by atoms with Gasteiger partial charge in [-0.3, -0.25) is 4.79 Å². The molecule has 3 heteroatoms. The summed E-state index contributed by atoms with van der Waals surface area (Å²) in [6, 6.07) is 13.2. The van der Waals surface area contributed by atoms with E-state index in [9.17, 15) is 4.79 Å². The summed E-state index contributed by atoms with van der Waals surface area (Å²) in [5.41, 5.74) is 3.59. The first-order valence-corrected chi connectivity index (χ1v) is 7.22. The molecule has 0 aliphatic heterocycles. The Labute approximate surface area is 126 Å². The molecule has 0 aliphatic rings. The first-order valence-electron chi connectivity index (χ1n) is 7.22. The summed E-state index contributed by atoms with van der Waals surface area (Å²) in [6.07, 6.45) is 0.943. The van der Waals surface area contributed by atoms with Crippen molar-refractivity contribution in [3.8, 4) is 5.75 Å². The maximum atomic E-state index is 12.4. The Morgan fingerprint density at radius 2 is 1.76 bits per heavy atom. The van der Waals surface area contributed by atoms with E-state index < -0.39 is 0 Å². The van der Waals surface area contributed by atoms with Gasteiger partial charge in [-0.15, -0.1) is 0 Å². The number of amides is 1. The molecule has 3 nitrogen and oxygen atoms in total. The molecule has 2 rings (SSSR count). The number of ether oxygens (including phenoxy) is 1. The molecule has 2 aromatic carbocycles. The van der Waals surface area contributed by atoms with Crippen LogP contribution in [0.4, 0.5) is 5.69 Å². The zero-order chi connectivity index (χ0) is 15.2. The van der Waals surface area contributed by atoms with E-state index >= 15 is 0 Å². The summed E-state index contributed by atoms with van der Waals surface area (Å²) in [7, 11) is 0. The fourth-order valence-electron chi connectivity index (χ4n) is 2.14. The molecule has 0 aromatic heterocycles. The lowest BCUT2D eigenvalue weighted by Gasteiger charge is -2.12. The number of rotatable bonds is 5. The van der Waals surface area contributed by atoms with E-state index in [4.69, 9.17) is 4.74 Å². The Morgan fingerprint density at radius 3 is 2.43 bits per heavy atom. The molecule has 0 heterocycles. The Kier molecular flexibility index (Phi) is 4.99. The van der Waals surface area contributed by atoms with Gasteiger partial charge in [0, 0.05) is 11.3 Å². The minimum atomic E-state index is -0.116. The van der Waals surface area contributed by atoms with Crippen molar-refractivity contribution in [1.29, 1.82) is 0 Å². The maximum Gasteiger partial charge on any atom is 0.255 e. The number of nitrogens with one attached hydrogen (secondary N) is 1. The third-order valence-corrected chi connectivity index (χ3v) is 3.29. The molecule has 0 unspecified atom stereocenters. The highest BCUT2D eigenvalue weighted by Crippen LogP contribution is 2.21. The van der Waals surface area contributed by atoms with E-state index in [2.05, 4.69) is 12.2 Å². The number of aryl methyl sites for hydroxylation is 2. The van der Waals surface area contributed by atoms with Crippen molar-refractivity contribution in [3.05, 3.63) is 59.2 Å². The SMILES string of the molecule is CCCOc1cccc(C(=O)Nc2c(C)cccc2C)c1. The Hall–Kier alpha value is -2.29. The van der Waals surface area contributed by atoms with Gasteiger partial charge < -0.3 is 10.1 Å². The second-order valence-corrected chi connectivity index (χ2v) is 5.10. The van der Waals surface area contributed by atoms with Crippen molar-refractivity contribution in [2.24, 2.45) is 0 Å². The zero-order valence-electron chi connectivity index (χ0n) is 12.8. The number of benzene rings is 2. The Bertz CT molecular complexity index is 615. The fourth-order valence-corrected chi connectivity index (χ4v) is 2.14. The van der Waals surface area contributed by atoms with E-state index in [1.54, 1.807) is 12.1 Å². The minimum absolute atomic E-state index is 0.116. The van der Waals surface area contributed by atoms with Gasteiger partial charge in [-0.1, -0.05) is 31.2 Å². The molecular weight excluding hydrogens is 262 g/mol. The predicted octanol–water partition coefficient (Wildman–Crippen LogP) is 4.34. The number of hydrogen-bond donors (Lipinski definition) is 1. The van der Waals surface area contributed by atoms with Crippen molar-refractivity contribution >= 4 is 11.6 Å². The summed E-state index contributed by atoms with van der Waals surface area (Å²) < 4.78 is 5.56. The van der Waals surface area contributed by atoms with Gasteiger partial charge in [-0.05, 0) is 49.6 Å². The number of para-hydroxylation sites is 1. The van der Waals surface area contributed by atoms with Crippen molar-refractivity contribution in [1.82, 2.24) is 0 Å². The van der Waals surface area contributed by atoms with Gasteiger partial charge in [0.2, 0.25) is 0 Å². The molecule has 2 aromatic rings. The summed E-state index contributed by atoms with van der Waals surface area (Å²) in [5, 5.41) is 2.98. The smallest absolute Gasteiger partial charge is 0.255 e. The van der Waals surface area contributed by atoms with Gasteiger partial charge >= 0.3 is 0 Å². The van der Waals surface area contributed by atoms with Crippen LogP contribution in [0.5, 0.6) is 5.75 Å². The second kappa shape index (κ2) is 6.93.